The number of primary amides is 1. The first-order valence-electron chi connectivity index (χ1n) is 8.84. The van der Waals surface area contributed by atoms with E-state index in [9.17, 15) is 28.5 Å². The van der Waals surface area contributed by atoms with Gasteiger partial charge in [-0.25, -0.2) is 8.78 Å². The molecule has 8 nitrogen and oxygen atoms in total. The number of nitro groups is 1. The molecule has 152 valence electrons. The number of hydrogen-bond acceptors (Lipinski definition) is 5. The van der Waals surface area contributed by atoms with E-state index in [0.717, 1.165) is 18.2 Å². The molecule has 1 fully saturated rings. The molecular formula is C19H18F2N4O4. The first-order valence-corrected chi connectivity index (χ1v) is 8.84. The lowest BCUT2D eigenvalue weighted by atomic mass is 9.95. The van der Waals surface area contributed by atoms with Gasteiger partial charge in [-0.3, -0.25) is 19.7 Å². The highest BCUT2D eigenvalue weighted by Crippen LogP contribution is 2.32. The highest BCUT2D eigenvalue weighted by molar-refractivity contribution is 6.05. The summed E-state index contributed by atoms with van der Waals surface area (Å²) in [4.78, 5) is 36.4. The molecule has 2 aromatic carbocycles. The summed E-state index contributed by atoms with van der Waals surface area (Å²) in [5.41, 5.74) is 5.22. The van der Waals surface area contributed by atoms with E-state index < -0.39 is 22.5 Å². The molecule has 0 radical (unpaired) electrons. The van der Waals surface area contributed by atoms with Crippen LogP contribution in [0.5, 0.6) is 0 Å². The minimum Gasteiger partial charge on any atom is -0.369 e. The van der Waals surface area contributed by atoms with Crippen molar-refractivity contribution in [3.05, 3.63) is 63.7 Å². The van der Waals surface area contributed by atoms with Crippen LogP contribution in [0.15, 0.2) is 36.4 Å². The minimum absolute atomic E-state index is 0.0304. The highest BCUT2D eigenvalue weighted by atomic mass is 19.1. The molecule has 0 aromatic heterocycles. The molecule has 3 rings (SSSR count). The van der Waals surface area contributed by atoms with E-state index in [-0.39, 0.29) is 28.8 Å². The van der Waals surface area contributed by atoms with Crippen LogP contribution in [0.25, 0.3) is 0 Å². The summed E-state index contributed by atoms with van der Waals surface area (Å²) in [6, 6.07) is 6.49. The standard InChI is InChI=1S/C19H18F2N4O4/c20-13-8-14(21)10-15(9-13)23-19(27)12-1-2-16(17(7-12)25(28)29)24-5-3-11(4-6-24)18(22)26/h1-2,7-11H,3-6H2,(H2,22,26)(H,23,27). The largest absolute Gasteiger partial charge is 0.369 e. The second-order valence-electron chi connectivity index (χ2n) is 6.74. The average molecular weight is 404 g/mol. The van der Waals surface area contributed by atoms with E-state index in [1.165, 1.54) is 12.1 Å². The maximum absolute atomic E-state index is 13.3. The Morgan fingerprint density at radius 2 is 1.72 bits per heavy atom. The highest BCUT2D eigenvalue weighted by Gasteiger charge is 2.28. The minimum atomic E-state index is -0.860. The summed E-state index contributed by atoms with van der Waals surface area (Å²) in [6.07, 6.45) is 0.972. The summed E-state index contributed by atoms with van der Waals surface area (Å²) in [5, 5.41) is 13.9. The molecule has 0 spiro atoms. The van der Waals surface area contributed by atoms with Crippen molar-refractivity contribution in [2.45, 2.75) is 12.8 Å². The molecule has 29 heavy (non-hydrogen) atoms. The fraction of sp³-hybridized carbons (Fsp3) is 0.263. The van der Waals surface area contributed by atoms with E-state index in [0.29, 0.717) is 37.7 Å². The quantitative estimate of drug-likeness (QED) is 0.587. The molecule has 2 amide bonds. The Morgan fingerprint density at radius 1 is 1.10 bits per heavy atom. The van der Waals surface area contributed by atoms with Gasteiger partial charge in [-0.15, -0.1) is 0 Å². The third-order valence-electron chi connectivity index (χ3n) is 4.79. The Balaban J connectivity index is 1.81. The number of piperidine rings is 1. The number of carbonyl (C=O) groups is 2. The number of nitrogens with two attached hydrogens (primary N) is 1. The smallest absolute Gasteiger partial charge is 0.293 e. The van der Waals surface area contributed by atoms with Crippen LogP contribution in [0.2, 0.25) is 0 Å². The second kappa shape index (κ2) is 8.21. The van der Waals surface area contributed by atoms with Crippen molar-refractivity contribution < 1.29 is 23.3 Å². The van der Waals surface area contributed by atoms with Crippen molar-refractivity contribution in [2.75, 3.05) is 23.3 Å². The summed E-state index contributed by atoms with van der Waals surface area (Å²) in [5.74, 6) is -3.11. The van der Waals surface area contributed by atoms with Crippen molar-refractivity contribution >= 4 is 28.9 Å². The third-order valence-corrected chi connectivity index (χ3v) is 4.79. The lowest BCUT2D eigenvalue weighted by molar-refractivity contribution is -0.384. The lowest BCUT2D eigenvalue weighted by Crippen LogP contribution is -2.38. The number of hydrogen-bond donors (Lipinski definition) is 2. The van der Waals surface area contributed by atoms with Crippen LogP contribution >= 0.6 is 0 Å². The van der Waals surface area contributed by atoms with E-state index >= 15 is 0 Å². The molecule has 1 aliphatic rings. The molecule has 0 aliphatic carbocycles. The Labute approximate surface area is 164 Å². The lowest BCUT2D eigenvalue weighted by Gasteiger charge is -2.32. The maximum atomic E-state index is 13.3. The molecule has 3 N–H and O–H groups in total. The third kappa shape index (κ3) is 4.65. The number of nitro benzene ring substituents is 1. The maximum Gasteiger partial charge on any atom is 0.293 e. The number of carbonyl (C=O) groups excluding carboxylic acids is 2. The Kier molecular flexibility index (Phi) is 5.71. The summed E-state index contributed by atoms with van der Waals surface area (Å²) in [6.45, 7) is 0.838. The first kappa shape index (κ1) is 20.2. The van der Waals surface area contributed by atoms with Crippen LogP contribution in [0.1, 0.15) is 23.2 Å². The number of halogens is 2. The second-order valence-corrected chi connectivity index (χ2v) is 6.74. The van der Waals surface area contributed by atoms with Crippen LogP contribution in [0, 0.1) is 27.7 Å². The molecule has 0 saturated carbocycles. The van der Waals surface area contributed by atoms with Gasteiger partial charge in [0.05, 0.1) is 4.92 Å². The zero-order valence-corrected chi connectivity index (χ0v) is 15.2. The van der Waals surface area contributed by atoms with Gasteiger partial charge in [0.25, 0.3) is 11.6 Å². The van der Waals surface area contributed by atoms with Gasteiger partial charge in [0.2, 0.25) is 5.91 Å². The fourth-order valence-electron chi connectivity index (χ4n) is 3.31. The van der Waals surface area contributed by atoms with Crippen molar-refractivity contribution in [3.8, 4) is 0 Å². The monoisotopic (exact) mass is 404 g/mol. The van der Waals surface area contributed by atoms with Crippen LogP contribution in [0.3, 0.4) is 0 Å². The Bertz CT molecular complexity index is 954. The predicted molar refractivity (Wildman–Crippen MR) is 102 cm³/mol. The van der Waals surface area contributed by atoms with E-state index in [1.54, 1.807) is 4.90 Å². The summed E-state index contributed by atoms with van der Waals surface area (Å²) >= 11 is 0. The Morgan fingerprint density at radius 3 is 2.28 bits per heavy atom. The van der Waals surface area contributed by atoms with Crippen molar-refractivity contribution in [1.29, 1.82) is 0 Å². The average Bonchev–Trinajstić information content (AvgIpc) is 2.66. The topological polar surface area (TPSA) is 119 Å². The van der Waals surface area contributed by atoms with Gasteiger partial charge < -0.3 is 16.0 Å². The van der Waals surface area contributed by atoms with Gasteiger partial charge >= 0.3 is 0 Å². The van der Waals surface area contributed by atoms with Crippen molar-refractivity contribution in [2.24, 2.45) is 11.7 Å². The fourth-order valence-corrected chi connectivity index (χ4v) is 3.31. The summed E-state index contributed by atoms with van der Waals surface area (Å²) < 4.78 is 26.5. The molecule has 0 bridgehead atoms. The van der Waals surface area contributed by atoms with Gasteiger partial charge in [0.15, 0.2) is 0 Å². The molecule has 2 aromatic rings. The van der Waals surface area contributed by atoms with E-state index in [1.807, 2.05) is 0 Å². The van der Waals surface area contributed by atoms with E-state index in [2.05, 4.69) is 5.32 Å². The molecule has 1 saturated heterocycles. The van der Waals surface area contributed by atoms with Crippen LogP contribution < -0.4 is 16.0 Å². The SMILES string of the molecule is NC(=O)C1CCN(c2ccc(C(=O)Nc3cc(F)cc(F)c3)cc2[N+](=O)[O-])CC1. The normalized spacial score (nSPS) is 14.5. The first-order chi connectivity index (χ1) is 13.7. The number of nitrogens with one attached hydrogen (secondary N) is 1. The molecule has 1 aliphatic heterocycles. The van der Waals surface area contributed by atoms with Crippen molar-refractivity contribution in [3.63, 3.8) is 0 Å². The van der Waals surface area contributed by atoms with E-state index in [4.69, 9.17) is 5.73 Å². The van der Waals surface area contributed by atoms with Gasteiger partial charge in [-0.05, 0) is 37.1 Å². The predicted octanol–water partition coefficient (Wildman–Crippen LogP) is 2.83. The number of nitrogens with zero attached hydrogens (tertiary/aromatic N) is 2. The van der Waals surface area contributed by atoms with Gasteiger partial charge in [-0.1, -0.05) is 0 Å². The molecule has 0 unspecified atom stereocenters. The van der Waals surface area contributed by atoms with Crippen LogP contribution in [-0.2, 0) is 4.79 Å². The van der Waals surface area contributed by atoms with Crippen LogP contribution in [-0.4, -0.2) is 29.8 Å². The zero-order valence-electron chi connectivity index (χ0n) is 15.2. The number of anilines is 2. The van der Waals surface area contributed by atoms with Gasteiger partial charge in [0, 0.05) is 42.4 Å². The van der Waals surface area contributed by atoms with Gasteiger partial charge in [-0.2, -0.15) is 0 Å². The molecular weight excluding hydrogens is 386 g/mol. The van der Waals surface area contributed by atoms with Crippen molar-refractivity contribution in [1.82, 2.24) is 0 Å². The zero-order chi connectivity index (χ0) is 21.1. The van der Waals surface area contributed by atoms with Gasteiger partial charge in [0.1, 0.15) is 17.3 Å². The van der Waals surface area contributed by atoms with Crippen LogP contribution in [0.4, 0.5) is 25.8 Å². The molecule has 1 heterocycles. The number of amides is 2. The Hall–Kier alpha value is -3.56. The number of benzene rings is 2. The molecule has 0 atom stereocenters. The summed E-state index contributed by atoms with van der Waals surface area (Å²) in [7, 11) is 0. The number of rotatable bonds is 5. The molecule has 10 heteroatoms.